The highest BCUT2D eigenvalue weighted by Gasteiger charge is 2.50. The van der Waals surface area contributed by atoms with E-state index in [-0.39, 0.29) is 52.7 Å². The molecule has 47 heavy (non-hydrogen) atoms. The molecule has 2 aliphatic heterocycles. The van der Waals surface area contributed by atoms with Crippen LogP contribution in [-0.4, -0.2) is 75.1 Å². The number of carbonyl (C=O) groups is 2. The smallest absolute Gasteiger partial charge is 0.410 e. The number of ether oxygens (including phenoxy) is 2. The lowest BCUT2D eigenvalue weighted by atomic mass is 9.83. The van der Waals surface area contributed by atoms with Gasteiger partial charge in [-0.05, 0) is 104 Å². The minimum absolute atomic E-state index is 0.103. The van der Waals surface area contributed by atoms with Crippen LogP contribution in [0.4, 0.5) is 19.4 Å². The molecule has 3 aromatic rings. The third kappa shape index (κ3) is 7.82. The Kier molecular flexibility index (Phi) is 9.75. The number of anilines is 1. The summed E-state index contributed by atoms with van der Waals surface area (Å²) >= 11 is 0. The zero-order chi connectivity index (χ0) is 34.1. The number of benzene rings is 2. The molecule has 1 aromatic heterocycles. The first-order valence-corrected chi connectivity index (χ1v) is 16.2. The van der Waals surface area contributed by atoms with Crippen molar-refractivity contribution >= 4 is 17.8 Å². The van der Waals surface area contributed by atoms with E-state index in [1.807, 2.05) is 53.4 Å². The van der Waals surface area contributed by atoms with Crippen LogP contribution in [0.25, 0.3) is 0 Å². The lowest BCUT2D eigenvalue weighted by Crippen LogP contribution is -2.42. The molecule has 9 nitrogen and oxygen atoms in total. The standard InChI is InChI=1S/C36H45F2N5O4/c1-23(2)43(24(3)4)33(44)29-17-27(38)12-13-30(29)46-31-19-39-22-40-32(31)41-15-14-36(20-41)18-28(16-25-8-10-26(37)11-9-25)42(21-36)34(45)47-35(5,6)7/h8-13,17,19,22-24,28H,14-16,18,20-21H2,1-7H3. The van der Waals surface area contributed by atoms with Gasteiger partial charge in [0.2, 0.25) is 0 Å². The van der Waals surface area contributed by atoms with E-state index in [4.69, 9.17) is 9.47 Å². The van der Waals surface area contributed by atoms with Crippen LogP contribution in [0.5, 0.6) is 11.5 Å². The number of nitrogens with zero attached hydrogens (tertiary/aromatic N) is 5. The summed E-state index contributed by atoms with van der Waals surface area (Å²) in [6.07, 6.45) is 4.74. The molecule has 0 radical (unpaired) electrons. The number of aromatic nitrogens is 2. The molecule has 0 bridgehead atoms. The van der Waals surface area contributed by atoms with Gasteiger partial charge in [0.15, 0.2) is 11.6 Å². The maximum Gasteiger partial charge on any atom is 0.410 e. The molecule has 5 rings (SSSR count). The van der Waals surface area contributed by atoms with E-state index in [0.29, 0.717) is 37.6 Å². The molecule has 2 aromatic carbocycles. The quantitative estimate of drug-likeness (QED) is 0.254. The normalized spacial score (nSPS) is 19.6. The highest BCUT2D eigenvalue weighted by atomic mass is 19.1. The van der Waals surface area contributed by atoms with Gasteiger partial charge in [-0.15, -0.1) is 0 Å². The van der Waals surface area contributed by atoms with Crippen LogP contribution in [0.2, 0.25) is 0 Å². The molecular formula is C36H45F2N5O4. The fourth-order valence-electron chi connectivity index (χ4n) is 6.89. The number of hydrogen-bond donors (Lipinski definition) is 0. The van der Waals surface area contributed by atoms with Crippen LogP contribution in [0.1, 0.15) is 77.2 Å². The van der Waals surface area contributed by atoms with Gasteiger partial charge in [0.1, 0.15) is 29.3 Å². The van der Waals surface area contributed by atoms with Crippen molar-refractivity contribution in [3.8, 4) is 11.5 Å². The van der Waals surface area contributed by atoms with Crippen LogP contribution < -0.4 is 9.64 Å². The molecule has 252 valence electrons. The Balaban J connectivity index is 1.40. The van der Waals surface area contributed by atoms with Crippen LogP contribution in [0.3, 0.4) is 0 Å². The van der Waals surface area contributed by atoms with E-state index >= 15 is 0 Å². The fraction of sp³-hybridized carbons (Fsp3) is 0.500. The van der Waals surface area contributed by atoms with E-state index in [0.717, 1.165) is 18.4 Å². The summed E-state index contributed by atoms with van der Waals surface area (Å²) in [5.41, 5.74) is 0.175. The molecule has 0 N–H and O–H groups in total. The van der Waals surface area contributed by atoms with Gasteiger partial charge in [0.05, 0.1) is 11.8 Å². The summed E-state index contributed by atoms with van der Waals surface area (Å²) < 4.78 is 40.2. The van der Waals surface area contributed by atoms with E-state index < -0.39 is 11.4 Å². The molecule has 2 saturated heterocycles. The SMILES string of the molecule is CC(C)N(C(=O)c1cc(F)ccc1Oc1cncnc1N1CCC2(CC(Cc3ccc(F)cc3)N(C(=O)OC(C)(C)C)C2)C1)C(C)C. The van der Waals surface area contributed by atoms with Gasteiger partial charge >= 0.3 is 6.09 Å². The Morgan fingerprint density at radius 2 is 1.68 bits per heavy atom. The Labute approximate surface area is 275 Å². The van der Waals surface area contributed by atoms with E-state index in [2.05, 4.69) is 14.9 Å². The van der Waals surface area contributed by atoms with Gasteiger partial charge in [-0.3, -0.25) is 4.79 Å². The average Bonchev–Trinajstić information content (AvgIpc) is 3.57. The highest BCUT2D eigenvalue weighted by Crippen LogP contribution is 2.46. The number of likely N-dealkylation sites (tertiary alicyclic amines) is 1. The molecule has 2 aliphatic rings. The molecule has 3 heterocycles. The summed E-state index contributed by atoms with van der Waals surface area (Å²) in [6, 6.07) is 9.99. The van der Waals surface area contributed by atoms with E-state index in [1.54, 1.807) is 23.2 Å². The number of hydrogen-bond acceptors (Lipinski definition) is 7. The monoisotopic (exact) mass is 649 g/mol. The summed E-state index contributed by atoms with van der Waals surface area (Å²) in [5, 5.41) is 0. The van der Waals surface area contributed by atoms with Gasteiger partial charge in [-0.25, -0.2) is 23.5 Å². The number of amides is 2. The highest BCUT2D eigenvalue weighted by molar-refractivity contribution is 5.97. The first kappa shape index (κ1) is 34.1. The largest absolute Gasteiger partial charge is 0.451 e. The Morgan fingerprint density at radius 1 is 1.00 bits per heavy atom. The summed E-state index contributed by atoms with van der Waals surface area (Å²) in [4.78, 5) is 41.5. The zero-order valence-electron chi connectivity index (χ0n) is 28.3. The minimum atomic E-state index is -0.649. The molecule has 2 atom stereocenters. The van der Waals surface area contributed by atoms with Crippen molar-refractivity contribution in [2.24, 2.45) is 5.41 Å². The molecule has 2 fully saturated rings. The second-order valence-corrected chi connectivity index (χ2v) is 14.3. The second-order valence-electron chi connectivity index (χ2n) is 14.3. The first-order chi connectivity index (χ1) is 22.1. The van der Waals surface area contributed by atoms with Crippen LogP contribution in [-0.2, 0) is 11.2 Å². The van der Waals surface area contributed by atoms with Crippen molar-refractivity contribution in [2.75, 3.05) is 24.5 Å². The third-order valence-electron chi connectivity index (χ3n) is 8.76. The molecule has 11 heteroatoms. The van der Waals surface area contributed by atoms with Crippen LogP contribution in [0.15, 0.2) is 55.0 Å². The first-order valence-electron chi connectivity index (χ1n) is 16.2. The van der Waals surface area contributed by atoms with Gasteiger partial charge in [0, 0.05) is 43.2 Å². The molecule has 1 spiro atoms. The van der Waals surface area contributed by atoms with Crippen molar-refractivity contribution in [3.63, 3.8) is 0 Å². The Morgan fingerprint density at radius 3 is 2.34 bits per heavy atom. The van der Waals surface area contributed by atoms with Gasteiger partial charge < -0.3 is 24.2 Å². The van der Waals surface area contributed by atoms with E-state index in [1.165, 1.54) is 36.7 Å². The topological polar surface area (TPSA) is 88.1 Å². The molecule has 2 unspecified atom stereocenters. The van der Waals surface area contributed by atoms with Crippen molar-refractivity contribution < 1.29 is 27.8 Å². The molecule has 0 aliphatic carbocycles. The van der Waals surface area contributed by atoms with Crippen molar-refractivity contribution in [1.29, 1.82) is 0 Å². The maximum atomic E-state index is 14.5. The third-order valence-corrected chi connectivity index (χ3v) is 8.76. The van der Waals surface area contributed by atoms with Crippen molar-refractivity contribution in [2.45, 2.75) is 91.5 Å². The summed E-state index contributed by atoms with van der Waals surface area (Å²) in [6.45, 7) is 15.0. The number of halogens is 2. The van der Waals surface area contributed by atoms with Gasteiger partial charge in [-0.2, -0.15) is 0 Å². The molecule has 2 amide bonds. The number of rotatable bonds is 8. The summed E-state index contributed by atoms with van der Waals surface area (Å²) in [5.74, 6) is -0.0625. The van der Waals surface area contributed by atoms with E-state index in [9.17, 15) is 18.4 Å². The second kappa shape index (κ2) is 13.4. The predicted molar refractivity (Wildman–Crippen MR) is 176 cm³/mol. The van der Waals surface area contributed by atoms with Crippen LogP contribution >= 0.6 is 0 Å². The van der Waals surface area contributed by atoms with Gasteiger partial charge in [0.25, 0.3) is 5.91 Å². The van der Waals surface area contributed by atoms with Crippen molar-refractivity contribution in [3.05, 3.63) is 77.8 Å². The lowest BCUT2D eigenvalue weighted by molar-refractivity contribution is 0.0212. The minimum Gasteiger partial charge on any atom is -0.451 e. The average molecular weight is 650 g/mol. The number of carbonyl (C=O) groups excluding carboxylic acids is 2. The zero-order valence-corrected chi connectivity index (χ0v) is 28.3. The Hall–Kier alpha value is -4.28. The van der Waals surface area contributed by atoms with Crippen molar-refractivity contribution in [1.82, 2.24) is 19.8 Å². The predicted octanol–water partition coefficient (Wildman–Crippen LogP) is 7.25. The fourth-order valence-corrected chi connectivity index (χ4v) is 6.89. The molecule has 0 saturated carbocycles. The summed E-state index contributed by atoms with van der Waals surface area (Å²) in [7, 11) is 0. The maximum absolute atomic E-state index is 14.5. The lowest BCUT2D eigenvalue weighted by Gasteiger charge is -2.31. The molecular weight excluding hydrogens is 604 g/mol. The Bertz CT molecular complexity index is 1580. The van der Waals surface area contributed by atoms with Gasteiger partial charge in [-0.1, -0.05) is 12.1 Å². The van der Waals surface area contributed by atoms with Crippen LogP contribution in [0, 0.1) is 17.0 Å².